The van der Waals surface area contributed by atoms with Gasteiger partial charge in [0, 0.05) is 11.3 Å². The van der Waals surface area contributed by atoms with Gasteiger partial charge in [-0.05, 0) is 12.1 Å². The van der Waals surface area contributed by atoms with Gasteiger partial charge in [-0.3, -0.25) is 4.79 Å². The van der Waals surface area contributed by atoms with Crippen molar-refractivity contribution in [2.75, 3.05) is 39.4 Å². The molecule has 8 heteroatoms. The van der Waals surface area contributed by atoms with Crippen LogP contribution in [0.2, 0.25) is 0 Å². The molecule has 1 rings (SSSR count). The number of hydrogen-bond acceptors (Lipinski definition) is 8. The van der Waals surface area contributed by atoms with Crippen molar-refractivity contribution in [2.45, 2.75) is 12.2 Å². The van der Waals surface area contributed by atoms with E-state index in [1.165, 1.54) is 21.3 Å². The first kappa shape index (κ1) is 19.6. The van der Waals surface area contributed by atoms with E-state index in [1.807, 2.05) is 0 Å². The summed E-state index contributed by atoms with van der Waals surface area (Å²) >= 11 is 1.16. The summed E-state index contributed by atoms with van der Waals surface area (Å²) in [7, 11) is 4.41. The van der Waals surface area contributed by atoms with Crippen LogP contribution in [0.25, 0.3) is 0 Å². The highest BCUT2D eigenvalue weighted by molar-refractivity contribution is 8.00. The standard InChI is InChI=1S/C15H22O7S/c1-20-13-4-9(5-14(21-2)15(13)22-3)11(18)7-23-8-12(19)10(17)6-16/h4-5,10,12,16-17,19H,6-8H2,1-3H3/t10-,12-/m1/s1. The molecule has 0 bridgehead atoms. The van der Waals surface area contributed by atoms with Gasteiger partial charge in [-0.2, -0.15) is 11.8 Å². The van der Waals surface area contributed by atoms with Gasteiger partial charge in [0.1, 0.15) is 6.10 Å². The summed E-state index contributed by atoms with van der Waals surface area (Å²) in [5.74, 6) is 1.23. The fraction of sp³-hybridized carbons (Fsp3) is 0.533. The Balaban J connectivity index is 2.76. The molecule has 0 aliphatic carbocycles. The molecular weight excluding hydrogens is 324 g/mol. The van der Waals surface area contributed by atoms with E-state index in [-0.39, 0.29) is 17.3 Å². The molecule has 0 radical (unpaired) electrons. The molecule has 0 unspecified atom stereocenters. The molecule has 0 fully saturated rings. The predicted octanol–water partition coefficient (Wildman–Crippen LogP) is 0.342. The zero-order valence-electron chi connectivity index (χ0n) is 13.3. The number of aliphatic hydroxyl groups is 3. The van der Waals surface area contributed by atoms with Crippen molar-refractivity contribution in [2.24, 2.45) is 0 Å². The van der Waals surface area contributed by atoms with E-state index >= 15 is 0 Å². The summed E-state index contributed by atoms with van der Waals surface area (Å²) in [6.07, 6.45) is -2.29. The van der Waals surface area contributed by atoms with Crippen LogP contribution in [-0.2, 0) is 0 Å². The normalized spacial score (nSPS) is 13.3. The lowest BCUT2D eigenvalue weighted by Crippen LogP contribution is -2.31. The summed E-state index contributed by atoms with van der Waals surface area (Å²) in [4.78, 5) is 12.2. The van der Waals surface area contributed by atoms with E-state index in [2.05, 4.69) is 0 Å². The minimum atomic E-state index is -1.21. The topological polar surface area (TPSA) is 105 Å². The maximum atomic E-state index is 12.2. The fourth-order valence-corrected chi connectivity index (χ4v) is 2.76. The van der Waals surface area contributed by atoms with Gasteiger partial charge >= 0.3 is 0 Å². The Morgan fingerprint density at radius 3 is 2.09 bits per heavy atom. The second kappa shape index (κ2) is 9.61. The Bertz CT molecular complexity index is 496. The van der Waals surface area contributed by atoms with Gasteiger partial charge in [0.05, 0.1) is 39.8 Å². The summed E-state index contributed by atoms with van der Waals surface area (Å²) in [6.45, 7) is -0.525. The van der Waals surface area contributed by atoms with E-state index in [1.54, 1.807) is 12.1 Å². The first-order valence-corrected chi connectivity index (χ1v) is 8.01. The highest BCUT2D eigenvalue weighted by atomic mass is 32.2. The highest BCUT2D eigenvalue weighted by Crippen LogP contribution is 2.38. The minimum absolute atomic E-state index is 0.105. The second-order valence-electron chi connectivity index (χ2n) is 4.67. The molecule has 2 atom stereocenters. The quantitative estimate of drug-likeness (QED) is 0.521. The summed E-state index contributed by atoms with van der Waals surface area (Å²) in [6, 6.07) is 3.12. The average Bonchev–Trinajstić information content (AvgIpc) is 2.58. The molecule has 0 saturated carbocycles. The first-order valence-electron chi connectivity index (χ1n) is 6.86. The molecule has 0 amide bonds. The number of methoxy groups -OCH3 is 3. The lowest BCUT2D eigenvalue weighted by molar-refractivity contribution is -0.00188. The van der Waals surface area contributed by atoms with Gasteiger partial charge in [-0.15, -0.1) is 0 Å². The second-order valence-corrected chi connectivity index (χ2v) is 5.70. The zero-order valence-corrected chi connectivity index (χ0v) is 14.1. The maximum absolute atomic E-state index is 12.2. The molecule has 0 saturated heterocycles. The predicted molar refractivity (Wildman–Crippen MR) is 86.9 cm³/mol. The van der Waals surface area contributed by atoms with Gasteiger partial charge in [-0.1, -0.05) is 0 Å². The molecule has 0 aliphatic rings. The Hall–Kier alpha value is -1.48. The van der Waals surface area contributed by atoms with E-state index in [0.717, 1.165) is 11.8 Å². The fourth-order valence-electron chi connectivity index (χ4n) is 1.83. The number of thioether (sulfide) groups is 1. The lowest BCUT2D eigenvalue weighted by Gasteiger charge is -2.15. The molecule has 130 valence electrons. The third-order valence-corrected chi connectivity index (χ3v) is 4.18. The van der Waals surface area contributed by atoms with E-state index in [9.17, 15) is 15.0 Å². The van der Waals surface area contributed by atoms with Crippen molar-refractivity contribution in [1.29, 1.82) is 0 Å². The van der Waals surface area contributed by atoms with Crippen molar-refractivity contribution in [3.8, 4) is 17.2 Å². The summed E-state index contributed by atoms with van der Waals surface area (Å²) < 4.78 is 15.6. The minimum Gasteiger partial charge on any atom is -0.493 e. The molecule has 0 heterocycles. The Morgan fingerprint density at radius 1 is 1.09 bits per heavy atom. The van der Waals surface area contributed by atoms with Crippen molar-refractivity contribution in [3.05, 3.63) is 17.7 Å². The monoisotopic (exact) mass is 346 g/mol. The molecule has 3 N–H and O–H groups in total. The smallest absolute Gasteiger partial charge is 0.203 e. The van der Waals surface area contributed by atoms with Gasteiger partial charge in [0.25, 0.3) is 0 Å². The number of carbonyl (C=O) groups excluding carboxylic acids is 1. The summed E-state index contributed by atoms with van der Waals surface area (Å²) in [5.41, 5.74) is 0.393. The Kier molecular flexibility index (Phi) is 8.18. The van der Waals surface area contributed by atoms with Crippen LogP contribution < -0.4 is 14.2 Å². The Morgan fingerprint density at radius 2 is 1.65 bits per heavy atom. The number of benzene rings is 1. The number of ether oxygens (including phenoxy) is 3. The van der Waals surface area contributed by atoms with Crippen LogP contribution in [0.5, 0.6) is 17.2 Å². The van der Waals surface area contributed by atoms with Gasteiger partial charge in [-0.25, -0.2) is 0 Å². The van der Waals surface area contributed by atoms with Crippen molar-refractivity contribution in [1.82, 2.24) is 0 Å². The molecule has 0 aromatic heterocycles. The van der Waals surface area contributed by atoms with Crippen LogP contribution >= 0.6 is 11.8 Å². The van der Waals surface area contributed by atoms with Crippen molar-refractivity contribution in [3.63, 3.8) is 0 Å². The third-order valence-electron chi connectivity index (χ3n) is 3.14. The Labute approximate surface area is 139 Å². The third kappa shape index (κ3) is 5.28. The number of hydrogen-bond donors (Lipinski definition) is 3. The SMILES string of the molecule is COc1cc(C(=O)CSC[C@@H](O)[C@H](O)CO)cc(OC)c1OC. The number of ketones is 1. The molecule has 1 aromatic carbocycles. The number of Topliss-reactive ketones (excluding diaryl/α,β-unsaturated/α-hetero) is 1. The van der Waals surface area contributed by atoms with E-state index in [4.69, 9.17) is 19.3 Å². The van der Waals surface area contributed by atoms with E-state index in [0.29, 0.717) is 22.8 Å². The van der Waals surface area contributed by atoms with Crippen LogP contribution in [0, 0.1) is 0 Å². The van der Waals surface area contributed by atoms with Crippen molar-refractivity contribution >= 4 is 17.5 Å². The molecule has 0 aliphatic heterocycles. The molecule has 1 aromatic rings. The largest absolute Gasteiger partial charge is 0.493 e. The number of rotatable bonds is 10. The van der Waals surface area contributed by atoms with Crippen molar-refractivity contribution < 1.29 is 34.3 Å². The number of aliphatic hydroxyl groups excluding tert-OH is 3. The molecule has 23 heavy (non-hydrogen) atoms. The van der Waals surface area contributed by atoms with E-state index < -0.39 is 18.8 Å². The van der Waals surface area contributed by atoms with Gasteiger partial charge in [0.15, 0.2) is 17.3 Å². The highest BCUT2D eigenvalue weighted by Gasteiger charge is 2.19. The van der Waals surface area contributed by atoms with Crippen LogP contribution in [0.1, 0.15) is 10.4 Å². The molecule has 7 nitrogen and oxygen atoms in total. The van der Waals surface area contributed by atoms with Crippen LogP contribution in [0.15, 0.2) is 12.1 Å². The van der Waals surface area contributed by atoms with Crippen LogP contribution in [0.3, 0.4) is 0 Å². The molecule has 0 spiro atoms. The first-order chi connectivity index (χ1) is 11.0. The zero-order chi connectivity index (χ0) is 17.4. The lowest BCUT2D eigenvalue weighted by atomic mass is 10.1. The molecular formula is C15H22O7S. The van der Waals surface area contributed by atoms with Crippen LogP contribution in [0.4, 0.5) is 0 Å². The van der Waals surface area contributed by atoms with Gasteiger partial charge in [0.2, 0.25) is 5.75 Å². The maximum Gasteiger partial charge on any atom is 0.203 e. The average molecular weight is 346 g/mol. The van der Waals surface area contributed by atoms with Gasteiger partial charge < -0.3 is 29.5 Å². The van der Waals surface area contributed by atoms with Crippen LogP contribution in [-0.4, -0.2) is 72.8 Å². The summed E-state index contributed by atoms with van der Waals surface area (Å²) in [5, 5.41) is 27.5. The number of carbonyl (C=O) groups is 1.